The molecule has 0 fully saturated rings. The summed E-state index contributed by atoms with van der Waals surface area (Å²) in [6.45, 7) is 2.68. The minimum atomic E-state index is -0.225. The molecule has 0 spiro atoms. The molecule has 0 aliphatic rings. The van der Waals surface area contributed by atoms with Crippen molar-refractivity contribution in [1.29, 1.82) is 0 Å². The molecule has 3 N–H and O–H groups in total. The Morgan fingerprint density at radius 3 is 2.48 bits per heavy atom. The van der Waals surface area contributed by atoms with Crippen molar-refractivity contribution >= 4 is 24.0 Å². The number of amides is 1. The fourth-order valence-electron chi connectivity index (χ4n) is 1.98. The summed E-state index contributed by atoms with van der Waals surface area (Å²) in [5, 5.41) is 2.87. The zero-order chi connectivity index (χ0) is 15.8. The summed E-state index contributed by atoms with van der Waals surface area (Å²) in [6, 6.07) is 17.6. The number of nitrogens with one attached hydrogen (secondary N) is 1. The maximum Gasteiger partial charge on any atom is 0.228 e. The van der Waals surface area contributed by atoms with Gasteiger partial charge in [-0.25, -0.2) is 0 Å². The predicted molar refractivity (Wildman–Crippen MR) is 96.2 cm³/mol. The Hall–Kier alpha value is -2.04. The number of halogens is 1. The lowest BCUT2D eigenvalue weighted by molar-refractivity contribution is -0.119. The molecule has 1 unspecified atom stereocenters. The molecule has 1 amide bonds. The van der Waals surface area contributed by atoms with Gasteiger partial charge in [-0.15, -0.1) is 12.4 Å². The van der Waals surface area contributed by atoms with Gasteiger partial charge in [-0.1, -0.05) is 49.4 Å². The van der Waals surface area contributed by atoms with Gasteiger partial charge in [-0.3, -0.25) is 4.79 Å². The molecule has 0 radical (unpaired) electrons. The van der Waals surface area contributed by atoms with Crippen molar-refractivity contribution in [3.63, 3.8) is 0 Å². The number of anilines is 1. The Kier molecular flexibility index (Phi) is 8.16. The third-order valence-corrected chi connectivity index (χ3v) is 3.44. The highest BCUT2D eigenvalue weighted by Crippen LogP contribution is 2.24. The number of carbonyl (C=O) groups excluding carboxylic acids is 1. The molecule has 5 heteroatoms. The number of nitrogens with two attached hydrogens (primary N) is 1. The van der Waals surface area contributed by atoms with Crippen molar-refractivity contribution in [2.75, 3.05) is 18.5 Å². The fraction of sp³-hybridized carbons (Fsp3) is 0.278. The van der Waals surface area contributed by atoms with Crippen LogP contribution in [-0.4, -0.2) is 19.1 Å². The highest BCUT2D eigenvalue weighted by atomic mass is 35.5. The molecule has 124 valence electrons. The average Bonchev–Trinajstić information content (AvgIpc) is 2.56. The van der Waals surface area contributed by atoms with Crippen LogP contribution in [0.4, 0.5) is 5.69 Å². The van der Waals surface area contributed by atoms with Crippen molar-refractivity contribution in [2.45, 2.75) is 13.3 Å². The molecule has 0 bridgehead atoms. The van der Waals surface area contributed by atoms with Gasteiger partial charge in [0.25, 0.3) is 0 Å². The molecule has 0 aliphatic carbocycles. The molecule has 2 aromatic rings. The van der Waals surface area contributed by atoms with Crippen molar-refractivity contribution in [3.8, 4) is 5.75 Å². The third kappa shape index (κ3) is 5.93. The molecule has 0 aromatic heterocycles. The Balaban J connectivity index is 0.00000264. The number of para-hydroxylation sites is 2. The molecule has 1 atom stereocenters. The third-order valence-electron chi connectivity index (χ3n) is 3.44. The summed E-state index contributed by atoms with van der Waals surface area (Å²) in [5.41, 5.74) is 7.42. The quantitative estimate of drug-likeness (QED) is 0.816. The fourth-order valence-corrected chi connectivity index (χ4v) is 1.98. The van der Waals surface area contributed by atoms with Crippen LogP contribution in [0.1, 0.15) is 12.5 Å². The summed E-state index contributed by atoms with van der Waals surface area (Å²) < 4.78 is 5.81. The summed E-state index contributed by atoms with van der Waals surface area (Å²) in [5.74, 6) is 0.356. The maximum atomic E-state index is 11.9. The largest absolute Gasteiger partial charge is 0.491 e. The molecule has 4 nitrogen and oxygen atoms in total. The van der Waals surface area contributed by atoms with Gasteiger partial charge in [0.1, 0.15) is 5.75 Å². The summed E-state index contributed by atoms with van der Waals surface area (Å²) in [6.07, 6.45) is 0.822. The molecular weight excluding hydrogens is 312 g/mol. The second kappa shape index (κ2) is 9.87. The van der Waals surface area contributed by atoms with E-state index in [2.05, 4.69) is 17.4 Å². The lowest BCUT2D eigenvalue weighted by Crippen LogP contribution is -2.26. The summed E-state index contributed by atoms with van der Waals surface area (Å²) >= 11 is 0. The van der Waals surface area contributed by atoms with E-state index in [9.17, 15) is 4.79 Å². The monoisotopic (exact) mass is 334 g/mol. The number of ether oxygens (including phenoxy) is 1. The van der Waals surface area contributed by atoms with Gasteiger partial charge < -0.3 is 15.8 Å². The molecule has 0 saturated carbocycles. The van der Waals surface area contributed by atoms with Gasteiger partial charge in [0.05, 0.1) is 12.3 Å². The van der Waals surface area contributed by atoms with Crippen LogP contribution in [0.25, 0.3) is 0 Å². The predicted octanol–water partition coefficient (Wildman–Crippen LogP) is 3.26. The van der Waals surface area contributed by atoms with Crippen LogP contribution in [0.3, 0.4) is 0 Å². The van der Waals surface area contributed by atoms with Crippen LogP contribution in [0.5, 0.6) is 5.75 Å². The number of benzene rings is 2. The highest BCUT2D eigenvalue weighted by molar-refractivity contribution is 5.93. The van der Waals surface area contributed by atoms with Gasteiger partial charge in [0.15, 0.2) is 0 Å². The Morgan fingerprint density at radius 1 is 1.13 bits per heavy atom. The van der Waals surface area contributed by atoms with E-state index < -0.39 is 0 Å². The Morgan fingerprint density at radius 2 is 1.78 bits per heavy atom. The molecule has 2 aromatic carbocycles. The van der Waals surface area contributed by atoms with Gasteiger partial charge in [0, 0.05) is 18.9 Å². The van der Waals surface area contributed by atoms with Crippen molar-refractivity contribution in [1.82, 2.24) is 0 Å². The van der Waals surface area contributed by atoms with Crippen molar-refractivity contribution < 1.29 is 9.53 Å². The molecule has 0 aliphatic heterocycles. The summed E-state index contributed by atoms with van der Waals surface area (Å²) in [7, 11) is 0. The van der Waals surface area contributed by atoms with E-state index in [4.69, 9.17) is 10.5 Å². The topological polar surface area (TPSA) is 64.4 Å². The molecule has 2 rings (SSSR count). The maximum absolute atomic E-state index is 11.9. The van der Waals surface area contributed by atoms with Gasteiger partial charge in [-0.2, -0.15) is 0 Å². The number of hydrogen-bond acceptors (Lipinski definition) is 3. The number of rotatable bonds is 7. The zero-order valence-electron chi connectivity index (χ0n) is 13.2. The van der Waals surface area contributed by atoms with E-state index in [0.717, 1.165) is 6.42 Å². The average molecular weight is 335 g/mol. The van der Waals surface area contributed by atoms with E-state index in [1.165, 1.54) is 5.56 Å². The second-order valence-electron chi connectivity index (χ2n) is 5.21. The van der Waals surface area contributed by atoms with Crippen LogP contribution in [-0.2, 0) is 11.2 Å². The number of hydrogen-bond donors (Lipinski definition) is 2. The minimum Gasteiger partial charge on any atom is -0.491 e. The van der Waals surface area contributed by atoms with E-state index in [1.807, 2.05) is 42.5 Å². The van der Waals surface area contributed by atoms with Gasteiger partial charge in [-0.05, 0) is 17.7 Å². The van der Waals surface area contributed by atoms with Crippen LogP contribution >= 0.6 is 12.4 Å². The van der Waals surface area contributed by atoms with Crippen LogP contribution in [0, 0.1) is 5.92 Å². The van der Waals surface area contributed by atoms with Crippen molar-refractivity contribution in [2.24, 2.45) is 11.7 Å². The van der Waals surface area contributed by atoms with Crippen LogP contribution < -0.4 is 15.8 Å². The highest BCUT2D eigenvalue weighted by Gasteiger charge is 2.13. The normalized spacial score (nSPS) is 11.2. The number of carbonyl (C=O) groups is 1. The van der Waals surface area contributed by atoms with E-state index in [1.54, 1.807) is 6.92 Å². The molecule has 0 heterocycles. The van der Waals surface area contributed by atoms with E-state index >= 15 is 0 Å². The van der Waals surface area contributed by atoms with Crippen LogP contribution in [0.2, 0.25) is 0 Å². The smallest absolute Gasteiger partial charge is 0.228 e. The lowest BCUT2D eigenvalue weighted by atomic mass is 10.1. The molecular formula is C18H23ClN2O2. The van der Waals surface area contributed by atoms with E-state index in [0.29, 0.717) is 24.6 Å². The van der Waals surface area contributed by atoms with Crippen LogP contribution in [0.15, 0.2) is 54.6 Å². The Bertz CT molecular complexity index is 605. The zero-order valence-corrected chi connectivity index (χ0v) is 14.0. The molecule has 23 heavy (non-hydrogen) atoms. The van der Waals surface area contributed by atoms with Gasteiger partial charge in [0.2, 0.25) is 5.91 Å². The Labute approximate surface area is 143 Å². The first-order valence-electron chi connectivity index (χ1n) is 7.47. The lowest BCUT2D eigenvalue weighted by Gasteiger charge is -2.14. The summed E-state index contributed by atoms with van der Waals surface area (Å²) in [4.78, 5) is 11.9. The first-order valence-corrected chi connectivity index (χ1v) is 7.47. The first-order chi connectivity index (χ1) is 10.7. The standard InChI is InChI=1S/C18H22N2O2.ClH/c1-14(13-19)18(21)20-16-9-5-6-10-17(16)22-12-11-15-7-3-2-4-8-15;/h2-10,14H,11-13,19H2,1H3,(H,20,21);1H. The first kappa shape index (κ1) is 19.0. The molecule has 0 saturated heterocycles. The minimum absolute atomic E-state index is 0. The SMILES string of the molecule is CC(CN)C(=O)Nc1ccccc1OCCc1ccccc1.Cl. The van der Waals surface area contributed by atoms with Gasteiger partial charge >= 0.3 is 0 Å². The van der Waals surface area contributed by atoms with E-state index in [-0.39, 0.29) is 24.2 Å². The second-order valence-corrected chi connectivity index (χ2v) is 5.21. The van der Waals surface area contributed by atoms with Crippen molar-refractivity contribution in [3.05, 3.63) is 60.2 Å².